The predicted molar refractivity (Wildman–Crippen MR) is 103 cm³/mol. The number of nitrogens with one attached hydrogen (secondary N) is 1. The quantitative estimate of drug-likeness (QED) is 0.822. The average Bonchev–Trinajstić information content (AvgIpc) is 2.67. The minimum absolute atomic E-state index is 0.128. The Morgan fingerprint density at radius 1 is 1.26 bits per heavy atom. The van der Waals surface area contributed by atoms with E-state index in [0.29, 0.717) is 42.1 Å². The van der Waals surface area contributed by atoms with E-state index in [1.54, 1.807) is 35.2 Å². The van der Waals surface area contributed by atoms with Crippen molar-refractivity contribution in [3.63, 3.8) is 0 Å². The lowest BCUT2D eigenvalue weighted by atomic mass is 9.98. The number of aromatic nitrogens is 1. The zero-order chi connectivity index (χ0) is 19.2. The second kappa shape index (κ2) is 8.73. The Bertz CT molecular complexity index is 822. The minimum Gasteiger partial charge on any atom is -0.493 e. The molecular weight excluding hydrogens is 368 g/mol. The monoisotopic (exact) mass is 388 g/mol. The summed E-state index contributed by atoms with van der Waals surface area (Å²) in [6.45, 7) is 1.83. The van der Waals surface area contributed by atoms with Gasteiger partial charge in [0.2, 0.25) is 0 Å². The molecule has 1 aromatic heterocycles. The van der Waals surface area contributed by atoms with E-state index in [-0.39, 0.29) is 11.7 Å². The van der Waals surface area contributed by atoms with Crippen molar-refractivity contribution in [1.82, 2.24) is 9.88 Å². The van der Waals surface area contributed by atoms with E-state index in [2.05, 4.69) is 10.3 Å². The molecule has 0 atom stereocenters. The van der Waals surface area contributed by atoms with E-state index in [1.807, 2.05) is 0 Å². The maximum atomic E-state index is 12.4. The van der Waals surface area contributed by atoms with Gasteiger partial charge in [0.25, 0.3) is 5.91 Å². The van der Waals surface area contributed by atoms with Crippen molar-refractivity contribution in [2.24, 2.45) is 11.7 Å². The molecule has 27 heavy (non-hydrogen) atoms. The molecule has 0 saturated carbocycles. The van der Waals surface area contributed by atoms with Crippen molar-refractivity contribution in [2.45, 2.75) is 12.8 Å². The lowest BCUT2D eigenvalue weighted by Crippen LogP contribution is -2.42. The minimum atomic E-state index is -0.584. The number of hydrogen-bond acceptors (Lipinski definition) is 4. The van der Waals surface area contributed by atoms with Crippen LogP contribution in [0.1, 0.15) is 23.3 Å². The molecule has 3 N–H and O–H groups in total. The van der Waals surface area contributed by atoms with E-state index < -0.39 is 5.91 Å². The van der Waals surface area contributed by atoms with Crippen molar-refractivity contribution >= 4 is 29.2 Å². The molecule has 3 amide bonds. The topological polar surface area (TPSA) is 97.6 Å². The van der Waals surface area contributed by atoms with E-state index >= 15 is 0 Å². The highest BCUT2D eigenvalue weighted by Gasteiger charge is 2.23. The van der Waals surface area contributed by atoms with Crippen molar-refractivity contribution in [1.29, 1.82) is 0 Å². The number of anilines is 1. The first kappa shape index (κ1) is 19.0. The van der Waals surface area contributed by atoms with Crippen molar-refractivity contribution in [2.75, 3.05) is 25.0 Å². The van der Waals surface area contributed by atoms with Gasteiger partial charge in [0, 0.05) is 36.1 Å². The number of halogens is 1. The van der Waals surface area contributed by atoms with Gasteiger partial charge in [-0.25, -0.2) is 4.79 Å². The van der Waals surface area contributed by atoms with Gasteiger partial charge in [-0.1, -0.05) is 17.7 Å². The number of nitrogens with zero attached hydrogens (tertiary/aromatic N) is 2. The van der Waals surface area contributed by atoms with Crippen LogP contribution in [0.3, 0.4) is 0 Å². The van der Waals surface area contributed by atoms with Crippen molar-refractivity contribution in [3.8, 4) is 5.75 Å². The van der Waals surface area contributed by atoms with Crippen LogP contribution in [0, 0.1) is 5.92 Å². The Kier molecular flexibility index (Phi) is 6.13. The Morgan fingerprint density at radius 3 is 2.74 bits per heavy atom. The van der Waals surface area contributed by atoms with Gasteiger partial charge in [-0.2, -0.15) is 0 Å². The first-order valence-electron chi connectivity index (χ1n) is 8.71. The molecule has 1 aliphatic rings. The number of carbonyl (C=O) groups is 2. The fourth-order valence-corrected chi connectivity index (χ4v) is 3.11. The van der Waals surface area contributed by atoms with Gasteiger partial charge in [0.05, 0.1) is 6.61 Å². The summed E-state index contributed by atoms with van der Waals surface area (Å²) in [5, 5.41) is 3.45. The molecular formula is C19H21ClN4O3. The van der Waals surface area contributed by atoms with Gasteiger partial charge in [0.15, 0.2) is 0 Å². The number of hydrogen-bond donors (Lipinski definition) is 2. The van der Waals surface area contributed by atoms with Crippen LogP contribution < -0.4 is 15.8 Å². The number of ether oxygens (including phenoxy) is 1. The molecule has 2 heterocycles. The molecule has 0 aliphatic carbocycles. The van der Waals surface area contributed by atoms with E-state index in [1.165, 1.54) is 12.3 Å². The van der Waals surface area contributed by atoms with E-state index in [0.717, 1.165) is 12.8 Å². The molecule has 7 nitrogen and oxygen atoms in total. The smallest absolute Gasteiger partial charge is 0.321 e. The number of amides is 3. The summed E-state index contributed by atoms with van der Waals surface area (Å²) in [6.07, 6.45) is 3.19. The van der Waals surface area contributed by atoms with Gasteiger partial charge < -0.3 is 20.7 Å². The highest BCUT2D eigenvalue weighted by atomic mass is 35.5. The second-order valence-corrected chi connectivity index (χ2v) is 6.86. The number of carbonyl (C=O) groups excluding carboxylic acids is 2. The maximum absolute atomic E-state index is 12.4. The van der Waals surface area contributed by atoms with Crippen LogP contribution in [0.4, 0.5) is 10.5 Å². The van der Waals surface area contributed by atoms with E-state index in [4.69, 9.17) is 22.1 Å². The normalized spacial score (nSPS) is 14.6. The molecule has 0 bridgehead atoms. The largest absolute Gasteiger partial charge is 0.493 e. The molecule has 142 valence electrons. The summed E-state index contributed by atoms with van der Waals surface area (Å²) in [5.74, 6) is 0.324. The molecule has 1 aliphatic heterocycles. The van der Waals surface area contributed by atoms with Gasteiger partial charge >= 0.3 is 6.03 Å². The molecule has 1 aromatic carbocycles. The number of piperidine rings is 1. The summed E-state index contributed by atoms with van der Waals surface area (Å²) in [4.78, 5) is 29.2. The van der Waals surface area contributed by atoms with Crippen LogP contribution in [0.5, 0.6) is 5.75 Å². The average molecular weight is 389 g/mol. The zero-order valence-corrected chi connectivity index (χ0v) is 15.5. The summed E-state index contributed by atoms with van der Waals surface area (Å²) < 4.78 is 5.76. The van der Waals surface area contributed by atoms with Crippen LogP contribution >= 0.6 is 11.6 Å². The molecule has 1 saturated heterocycles. The SMILES string of the molecule is NC(=O)c1cc(OCC2CCN(C(=O)Nc3cccc(Cl)c3)CC2)ccn1. The number of nitrogens with two attached hydrogens (primary N) is 1. The van der Waals surface area contributed by atoms with Gasteiger partial charge in [-0.15, -0.1) is 0 Å². The summed E-state index contributed by atoms with van der Waals surface area (Å²) >= 11 is 5.94. The standard InChI is InChI=1S/C19H21ClN4O3/c20-14-2-1-3-15(10-14)23-19(26)24-8-5-13(6-9-24)12-27-16-4-7-22-17(11-16)18(21)25/h1-4,7,10-11,13H,5-6,8-9,12H2,(H2,21,25)(H,23,26). The van der Waals surface area contributed by atoms with Crippen LogP contribution in [0.25, 0.3) is 0 Å². The van der Waals surface area contributed by atoms with Crippen molar-refractivity contribution < 1.29 is 14.3 Å². The predicted octanol–water partition coefficient (Wildman–Crippen LogP) is 3.16. The lowest BCUT2D eigenvalue weighted by Gasteiger charge is -2.32. The molecule has 0 spiro atoms. The summed E-state index contributed by atoms with van der Waals surface area (Å²) in [6, 6.07) is 10.2. The highest BCUT2D eigenvalue weighted by molar-refractivity contribution is 6.30. The number of benzene rings is 1. The van der Waals surface area contributed by atoms with Crippen LogP contribution in [0.2, 0.25) is 5.02 Å². The summed E-state index contributed by atoms with van der Waals surface area (Å²) in [7, 11) is 0. The van der Waals surface area contributed by atoms with Gasteiger partial charge in [-0.3, -0.25) is 9.78 Å². The maximum Gasteiger partial charge on any atom is 0.321 e. The Morgan fingerprint density at radius 2 is 2.04 bits per heavy atom. The molecule has 3 rings (SSSR count). The van der Waals surface area contributed by atoms with Crippen LogP contribution in [-0.4, -0.2) is 41.5 Å². The number of rotatable bonds is 5. The number of likely N-dealkylation sites (tertiary alicyclic amines) is 1. The van der Waals surface area contributed by atoms with Crippen molar-refractivity contribution in [3.05, 3.63) is 53.3 Å². The van der Waals surface area contributed by atoms with Gasteiger partial charge in [0.1, 0.15) is 11.4 Å². The Balaban J connectivity index is 1.45. The molecule has 0 radical (unpaired) electrons. The fourth-order valence-electron chi connectivity index (χ4n) is 2.92. The molecule has 1 fully saturated rings. The van der Waals surface area contributed by atoms with Gasteiger partial charge in [-0.05, 0) is 43.0 Å². The Hall–Kier alpha value is -2.80. The van der Waals surface area contributed by atoms with Crippen LogP contribution in [-0.2, 0) is 0 Å². The third kappa shape index (κ3) is 5.34. The zero-order valence-electron chi connectivity index (χ0n) is 14.7. The second-order valence-electron chi connectivity index (χ2n) is 6.42. The molecule has 8 heteroatoms. The first-order chi connectivity index (χ1) is 13.0. The number of pyridine rings is 1. The molecule has 2 aromatic rings. The fraction of sp³-hybridized carbons (Fsp3) is 0.316. The third-order valence-electron chi connectivity index (χ3n) is 4.45. The summed E-state index contributed by atoms with van der Waals surface area (Å²) in [5.41, 5.74) is 6.08. The number of urea groups is 1. The highest BCUT2D eigenvalue weighted by Crippen LogP contribution is 2.21. The number of primary amides is 1. The Labute approximate surface area is 162 Å². The first-order valence-corrected chi connectivity index (χ1v) is 9.09. The molecule has 0 unspecified atom stereocenters. The van der Waals surface area contributed by atoms with E-state index in [9.17, 15) is 9.59 Å². The van der Waals surface area contributed by atoms with Crippen LogP contribution in [0.15, 0.2) is 42.6 Å². The third-order valence-corrected chi connectivity index (χ3v) is 4.68. The lowest BCUT2D eigenvalue weighted by molar-refractivity contribution is 0.0995.